The van der Waals surface area contributed by atoms with Crippen molar-refractivity contribution in [2.75, 3.05) is 13.1 Å². The maximum absolute atomic E-state index is 13.3. The van der Waals surface area contributed by atoms with Crippen LogP contribution >= 0.6 is 0 Å². The molecular formula is C19H17FN2O. The fourth-order valence-electron chi connectivity index (χ4n) is 3.27. The van der Waals surface area contributed by atoms with Crippen LogP contribution in [0.25, 0.3) is 16.7 Å². The number of fused-ring (bicyclic) bond motifs is 1. The van der Waals surface area contributed by atoms with E-state index in [9.17, 15) is 9.18 Å². The van der Waals surface area contributed by atoms with Crippen LogP contribution in [0.2, 0.25) is 0 Å². The van der Waals surface area contributed by atoms with Gasteiger partial charge in [0.1, 0.15) is 5.82 Å². The standard InChI is InChI=1S/C19H17FN2O/c20-15-3-1-12(2-4-15)17-10-18-14(11-22-19(18)23)9-16(17)13-5-7-21-8-6-13/h1-5,9-10,21H,6-8,11H2,(H,22,23). The monoisotopic (exact) mass is 308 g/mol. The molecular weight excluding hydrogens is 291 g/mol. The molecule has 0 spiro atoms. The Bertz CT molecular complexity index is 809. The molecule has 0 saturated carbocycles. The van der Waals surface area contributed by atoms with Crippen LogP contribution in [-0.4, -0.2) is 19.0 Å². The van der Waals surface area contributed by atoms with E-state index in [-0.39, 0.29) is 11.7 Å². The Morgan fingerprint density at radius 3 is 2.57 bits per heavy atom. The van der Waals surface area contributed by atoms with Crippen LogP contribution < -0.4 is 10.6 Å². The first-order valence-electron chi connectivity index (χ1n) is 7.83. The summed E-state index contributed by atoms with van der Waals surface area (Å²) in [6.07, 6.45) is 3.15. The van der Waals surface area contributed by atoms with Gasteiger partial charge in [-0.15, -0.1) is 0 Å². The van der Waals surface area contributed by atoms with Crippen LogP contribution in [0.3, 0.4) is 0 Å². The molecule has 4 heteroatoms. The molecule has 0 aromatic heterocycles. The van der Waals surface area contributed by atoms with Gasteiger partial charge in [-0.1, -0.05) is 18.2 Å². The summed E-state index contributed by atoms with van der Waals surface area (Å²) in [6.45, 7) is 2.38. The highest BCUT2D eigenvalue weighted by Gasteiger charge is 2.23. The summed E-state index contributed by atoms with van der Waals surface area (Å²) in [6, 6.07) is 10.5. The SMILES string of the molecule is O=C1NCc2cc(C3=CCNCC3)c(-c3ccc(F)cc3)cc21. The smallest absolute Gasteiger partial charge is 0.251 e. The van der Waals surface area contributed by atoms with E-state index in [2.05, 4.69) is 22.8 Å². The summed E-state index contributed by atoms with van der Waals surface area (Å²) in [5.41, 5.74) is 6.12. The minimum atomic E-state index is -0.254. The lowest BCUT2D eigenvalue weighted by atomic mass is 9.88. The van der Waals surface area contributed by atoms with Gasteiger partial charge in [0, 0.05) is 18.7 Å². The molecule has 116 valence electrons. The third-order valence-electron chi connectivity index (χ3n) is 4.49. The van der Waals surface area contributed by atoms with Crippen molar-refractivity contribution in [1.29, 1.82) is 0 Å². The van der Waals surface area contributed by atoms with Crippen molar-refractivity contribution in [2.24, 2.45) is 0 Å². The molecule has 0 unspecified atom stereocenters. The minimum Gasteiger partial charge on any atom is -0.348 e. The van der Waals surface area contributed by atoms with Gasteiger partial charge < -0.3 is 10.6 Å². The Balaban J connectivity index is 1.91. The maximum atomic E-state index is 13.3. The van der Waals surface area contributed by atoms with Crippen molar-refractivity contribution >= 4 is 11.5 Å². The van der Waals surface area contributed by atoms with Crippen LogP contribution in [0.1, 0.15) is 27.9 Å². The molecule has 2 aromatic carbocycles. The zero-order valence-corrected chi connectivity index (χ0v) is 12.7. The molecule has 0 radical (unpaired) electrons. The molecule has 2 aliphatic heterocycles. The lowest BCUT2D eigenvalue weighted by molar-refractivity contribution is 0.0966. The fraction of sp³-hybridized carbons (Fsp3) is 0.211. The summed E-state index contributed by atoms with van der Waals surface area (Å²) < 4.78 is 13.3. The molecule has 0 fully saturated rings. The van der Waals surface area contributed by atoms with E-state index < -0.39 is 0 Å². The topological polar surface area (TPSA) is 41.1 Å². The molecule has 2 heterocycles. The van der Waals surface area contributed by atoms with Crippen LogP contribution in [0, 0.1) is 5.82 Å². The fourth-order valence-corrected chi connectivity index (χ4v) is 3.27. The normalized spacial score (nSPS) is 16.7. The first-order valence-corrected chi connectivity index (χ1v) is 7.83. The van der Waals surface area contributed by atoms with Crippen molar-refractivity contribution < 1.29 is 9.18 Å². The summed E-state index contributed by atoms with van der Waals surface area (Å²) in [5.74, 6) is -0.288. The average molecular weight is 308 g/mol. The largest absolute Gasteiger partial charge is 0.348 e. The first kappa shape index (κ1) is 14.2. The predicted octanol–water partition coefficient (Wildman–Crippen LogP) is 3.11. The number of rotatable bonds is 2. The van der Waals surface area contributed by atoms with E-state index in [4.69, 9.17) is 0 Å². The van der Waals surface area contributed by atoms with E-state index in [0.717, 1.165) is 47.3 Å². The number of carbonyl (C=O) groups excluding carboxylic acids is 1. The molecule has 4 rings (SSSR count). The third-order valence-corrected chi connectivity index (χ3v) is 4.49. The Hall–Kier alpha value is -2.46. The highest BCUT2D eigenvalue weighted by atomic mass is 19.1. The summed E-state index contributed by atoms with van der Waals surface area (Å²) >= 11 is 0. The molecule has 3 nitrogen and oxygen atoms in total. The van der Waals surface area contributed by atoms with Gasteiger partial charge in [-0.2, -0.15) is 0 Å². The average Bonchev–Trinajstić information content (AvgIpc) is 2.96. The van der Waals surface area contributed by atoms with Crippen LogP contribution in [0.5, 0.6) is 0 Å². The molecule has 23 heavy (non-hydrogen) atoms. The van der Waals surface area contributed by atoms with Crippen LogP contribution in [-0.2, 0) is 6.54 Å². The second-order valence-corrected chi connectivity index (χ2v) is 5.93. The number of nitrogens with one attached hydrogen (secondary N) is 2. The molecule has 2 aliphatic rings. The van der Waals surface area contributed by atoms with Gasteiger partial charge in [0.15, 0.2) is 0 Å². The van der Waals surface area contributed by atoms with Gasteiger partial charge in [0.05, 0.1) is 0 Å². The van der Waals surface area contributed by atoms with Crippen molar-refractivity contribution in [3.8, 4) is 11.1 Å². The molecule has 2 aromatic rings. The van der Waals surface area contributed by atoms with E-state index in [1.54, 1.807) is 12.1 Å². The molecule has 0 saturated heterocycles. The lowest BCUT2D eigenvalue weighted by Crippen LogP contribution is -2.20. The Kier molecular flexibility index (Phi) is 3.46. The van der Waals surface area contributed by atoms with Gasteiger partial charge in [-0.25, -0.2) is 4.39 Å². The van der Waals surface area contributed by atoms with Gasteiger partial charge >= 0.3 is 0 Å². The number of carbonyl (C=O) groups is 1. The van der Waals surface area contributed by atoms with Crippen LogP contribution in [0.15, 0.2) is 42.5 Å². The number of amides is 1. The molecule has 0 aliphatic carbocycles. The summed E-state index contributed by atoms with van der Waals surface area (Å²) in [4.78, 5) is 12.0. The highest BCUT2D eigenvalue weighted by molar-refractivity contribution is 6.01. The van der Waals surface area contributed by atoms with E-state index in [1.807, 2.05) is 6.07 Å². The third kappa shape index (κ3) is 2.55. The molecule has 0 atom stereocenters. The first-order chi connectivity index (χ1) is 11.2. The highest BCUT2D eigenvalue weighted by Crippen LogP contribution is 2.35. The quantitative estimate of drug-likeness (QED) is 0.895. The minimum absolute atomic E-state index is 0.0331. The Morgan fingerprint density at radius 1 is 1.00 bits per heavy atom. The molecule has 2 N–H and O–H groups in total. The summed E-state index contributed by atoms with van der Waals surface area (Å²) in [7, 11) is 0. The number of hydrogen-bond donors (Lipinski definition) is 2. The van der Waals surface area contributed by atoms with Crippen molar-refractivity contribution in [2.45, 2.75) is 13.0 Å². The second kappa shape index (κ2) is 5.63. The second-order valence-electron chi connectivity index (χ2n) is 5.93. The van der Waals surface area contributed by atoms with Crippen molar-refractivity contribution in [3.05, 3.63) is 65.0 Å². The van der Waals surface area contributed by atoms with Gasteiger partial charge in [-0.05, 0) is 65.1 Å². The van der Waals surface area contributed by atoms with E-state index >= 15 is 0 Å². The Morgan fingerprint density at radius 2 is 1.83 bits per heavy atom. The van der Waals surface area contributed by atoms with E-state index in [0.29, 0.717) is 6.54 Å². The molecule has 0 bridgehead atoms. The van der Waals surface area contributed by atoms with Crippen molar-refractivity contribution in [3.63, 3.8) is 0 Å². The summed E-state index contributed by atoms with van der Waals surface area (Å²) in [5, 5.41) is 6.19. The number of benzene rings is 2. The number of halogens is 1. The van der Waals surface area contributed by atoms with Crippen molar-refractivity contribution in [1.82, 2.24) is 10.6 Å². The lowest BCUT2D eigenvalue weighted by Gasteiger charge is -2.19. The number of hydrogen-bond acceptors (Lipinski definition) is 2. The maximum Gasteiger partial charge on any atom is 0.251 e. The van der Waals surface area contributed by atoms with Crippen LogP contribution in [0.4, 0.5) is 4.39 Å². The van der Waals surface area contributed by atoms with E-state index in [1.165, 1.54) is 17.7 Å². The zero-order valence-electron chi connectivity index (χ0n) is 12.7. The zero-order chi connectivity index (χ0) is 15.8. The van der Waals surface area contributed by atoms with Gasteiger partial charge in [0.25, 0.3) is 5.91 Å². The van der Waals surface area contributed by atoms with Gasteiger partial charge in [-0.3, -0.25) is 4.79 Å². The Labute approximate surface area is 134 Å². The predicted molar refractivity (Wildman–Crippen MR) is 88.5 cm³/mol. The molecule has 1 amide bonds. The van der Waals surface area contributed by atoms with Gasteiger partial charge in [0.2, 0.25) is 0 Å².